The molecule has 5 rings (SSSR count). The van der Waals surface area contributed by atoms with Gasteiger partial charge in [0.05, 0.1) is 34.6 Å². The average molecular weight is 583 g/mol. The van der Waals surface area contributed by atoms with Crippen LogP contribution >= 0.6 is 11.3 Å². The summed E-state index contributed by atoms with van der Waals surface area (Å²) in [4.78, 5) is 32.4. The van der Waals surface area contributed by atoms with Gasteiger partial charge in [-0.1, -0.05) is 65.4 Å². The zero-order valence-corrected chi connectivity index (χ0v) is 25.2. The van der Waals surface area contributed by atoms with Gasteiger partial charge in [-0.2, -0.15) is 0 Å². The molecule has 8 heteroatoms. The molecule has 0 saturated heterocycles. The number of hydrogen-bond acceptors (Lipinski definition) is 7. The Balaban J connectivity index is 1.49. The molecule has 2 heterocycles. The maximum absolute atomic E-state index is 13.9. The highest BCUT2D eigenvalue weighted by Crippen LogP contribution is 2.32. The Morgan fingerprint density at radius 3 is 2.24 bits per heavy atom. The van der Waals surface area contributed by atoms with E-state index in [9.17, 15) is 9.59 Å². The molecule has 216 valence electrons. The van der Waals surface area contributed by atoms with Crippen LogP contribution in [0.3, 0.4) is 0 Å². The second-order valence-corrected chi connectivity index (χ2v) is 11.4. The molecule has 0 fully saturated rings. The number of thiazole rings is 1. The number of fused-ring (bicyclic) bond motifs is 1. The molecule has 0 unspecified atom stereocenters. The first-order chi connectivity index (χ1) is 20.2. The third kappa shape index (κ3) is 6.39. The van der Waals surface area contributed by atoms with Gasteiger partial charge in [0, 0.05) is 0 Å². The van der Waals surface area contributed by atoms with E-state index in [4.69, 9.17) is 14.2 Å². The molecule has 1 aliphatic heterocycles. The molecular formula is C34H34N2O5S. The van der Waals surface area contributed by atoms with E-state index >= 15 is 0 Å². The molecule has 1 aliphatic rings. The Kier molecular flexibility index (Phi) is 8.73. The molecule has 4 aromatic rings. The van der Waals surface area contributed by atoms with E-state index in [0.717, 1.165) is 22.4 Å². The summed E-state index contributed by atoms with van der Waals surface area (Å²) in [5.41, 5.74) is 4.59. The van der Waals surface area contributed by atoms with E-state index in [-0.39, 0.29) is 11.7 Å². The molecule has 0 saturated carbocycles. The SMILES string of the molecule is CCOc1ccc([C@@H]2C(C(=O)OC(C)C)=C(C)N=c3s/c(=C/c4ccc(OCc5ccc(C)cc5)cc4)c(=O)n32)cc1. The molecule has 0 aliphatic carbocycles. The van der Waals surface area contributed by atoms with Crippen LogP contribution < -0.4 is 24.4 Å². The van der Waals surface area contributed by atoms with Crippen molar-refractivity contribution in [2.75, 3.05) is 6.61 Å². The smallest absolute Gasteiger partial charge is 0.338 e. The van der Waals surface area contributed by atoms with Gasteiger partial charge in [-0.3, -0.25) is 9.36 Å². The summed E-state index contributed by atoms with van der Waals surface area (Å²) in [6.45, 7) is 10.4. The quantitative estimate of drug-likeness (QED) is 0.245. The van der Waals surface area contributed by atoms with Crippen molar-refractivity contribution in [1.29, 1.82) is 0 Å². The number of carbonyl (C=O) groups excluding carboxylic acids is 1. The highest BCUT2D eigenvalue weighted by Gasteiger charge is 2.33. The fraction of sp³-hybridized carbons (Fsp3) is 0.265. The molecule has 0 spiro atoms. The molecule has 1 aromatic heterocycles. The molecule has 0 amide bonds. The molecule has 7 nitrogen and oxygen atoms in total. The lowest BCUT2D eigenvalue weighted by Gasteiger charge is -2.25. The minimum Gasteiger partial charge on any atom is -0.494 e. The lowest BCUT2D eigenvalue weighted by molar-refractivity contribution is -0.143. The van der Waals surface area contributed by atoms with Crippen molar-refractivity contribution < 1.29 is 19.0 Å². The summed E-state index contributed by atoms with van der Waals surface area (Å²) in [6, 6.07) is 22.6. The monoisotopic (exact) mass is 582 g/mol. The van der Waals surface area contributed by atoms with Gasteiger partial charge in [0.25, 0.3) is 5.56 Å². The summed E-state index contributed by atoms with van der Waals surface area (Å²) >= 11 is 1.30. The number of rotatable bonds is 9. The van der Waals surface area contributed by atoms with E-state index in [0.29, 0.717) is 39.6 Å². The number of nitrogens with zero attached hydrogens (tertiary/aromatic N) is 2. The number of aromatic nitrogens is 1. The predicted molar refractivity (Wildman–Crippen MR) is 165 cm³/mol. The van der Waals surface area contributed by atoms with Crippen LogP contribution in [0.15, 0.2) is 93.9 Å². The number of benzene rings is 3. The van der Waals surface area contributed by atoms with Crippen LogP contribution in [0.2, 0.25) is 0 Å². The van der Waals surface area contributed by atoms with Crippen molar-refractivity contribution in [3.05, 3.63) is 126 Å². The third-order valence-electron chi connectivity index (χ3n) is 6.80. The van der Waals surface area contributed by atoms with E-state index < -0.39 is 12.0 Å². The van der Waals surface area contributed by atoms with Crippen molar-refractivity contribution in [2.24, 2.45) is 4.99 Å². The lowest BCUT2D eigenvalue weighted by Crippen LogP contribution is -2.40. The van der Waals surface area contributed by atoms with Gasteiger partial charge in [-0.15, -0.1) is 0 Å². The van der Waals surface area contributed by atoms with Crippen LogP contribution in [-0.2, 0) is 16.1 Å². The second kappa shape index (κ2) is 12.6. The third-order valence-corrected chi connectivity index (χ3v) is 7.78. The number of ether oxygens (including phenoxy) is 3. The van der Waals surface area contributed by atoms with Crippen LogP contribution in [0.4, 0.5) is 0 Å². The van der Waals surface area contributed by atoms with E-state index in [1.807, 2.05) is 61.5 Å². The van der Waals surface area contributed by atoms with E-state index in [1.54, 1.807) is 25.3 Å². The minimum atomic E-state index is -0.678. The molecule has 1 atom stereocenters. The lowest BCUT2D eigenvalue weighted by atomic mass is 9.96. The number of esters is 1. The van der Waals surface area contributed by atoms with Crippen molar-refractivity contribution >= 4 is 23.4 Å². The van der Waals surface area contributed by atoms with Gasteiger partial charge in [0.15, 0.2) is 4.80 Å². The predicted octanol–water partition coefficient (Wildman–Crippen LogP) is 5.47. The van der Waals surface area contributed by atoms with Crippen LogP contribution in [0.25, 0.3) is 6.08 Å². The van der Waals surface area contributed by atoms with Crippen molar-refractivity contribution in [2.45, 2.75) is 53.4 Å². The standard InChI is InChI=1S/C34H34N2O5S/c1-6-39-27-17-13-26(14-18-27)31-30(33(38)41-21(2)3)23(5)35-34-36(31)32(37)29(42-34)19-24-11-15-28(16-12-24)40-20-25-9-7-22(4)8-10-25/h7-19,21,31H,6,20H2,1-5H3/b29-19+/t31-/m1/s1. The van der Waals surface area contributed by atoms with Crippen LogP contribution in [0, 0.1) is 6.92 Å². The average Bonchev–Trinajstić information content (AvgIpc) is 3.27. The Morgan fingerprint density at radius 1 is 0.952 bits per heavy atom. The van der Waals surface area contributed by atoms with E-state index in [2.05, 4.69) is 36.2 Å². The zero-order chi connectivity index (χ0) is 29.8. The molecule has 0 bridgehead atoms. The van der Waals surface area contributed by atoms with Gasteiger partial charge < -0.3 is 14.2 Å². The van der Waals surface area contributed by atoms with Gasteiger partial charge >= 0.3 is 5.97 Å². The summed E-state index contributed by atoms with van der Waals surface area (Å²) in [6.07, 6.45) is 1.53. The molecule has 42 heavy (non-hydrogen) atoms. The first-order valence-corrected chi connectivity index (χ1v) is 14.8. The van der Waals surface area contributed by atoms with Gasteiger partial charge in [0.2, 0.25) is 0 Å². The topological polar surface area (TPSA) is 79.1 Å². The fourth-order valence-corrected chi connectivity index (χ4v) is 5.80. The first kappa shape index (κ1) is 29.1. The molecular weight excluding hydrogens is 548 g/mol. The number of carbonyl (C=O) groups is 1. The zero-order valence-electron chi connectivity index (χ0n) is 24.4. The number of allylic oxidation sites excluding steroid dienone is 1. The summed E-state index contributed by atoms with van der Waals surface area (Å²) in [5, 5.41) is 0. The first-order valence-electron chi connectivity index (χ1n) is 14.0. The van der Waals surface area contributed by atoms with Crippen molar-refractivity contribution in [3.63, 3.8) is 0 Å². The minimum absolute atomic E-state index is 0.223. The summed E-state index contributed by atoms with van der Waals surface area (Å²) in [5.74, 6) is 0.973. The number of hydrogen-bond donors (Lipinski definition) is 0. The molecule has 0 radical (unpaired) electrons. The fourth-order valence-electron chi connectivity index (χ4n) is 4.75. The highest BCUT2D eigenvalue weighted by atomic mass is 32.1. The Bertz CT molecular complexity index is 1780. The van der Waals surface area contributed by atoms with Crippen LogP contribution in [0.1, 0.15) is 56.0 Å². The van der Waals surface area contributed by atoms with Gasteiger partial charge in [-0.25, -0.2) is 9.79 Å². The maximum atomic E-state index is 13.9. The normalized spacial score (nSPS) is 14.9. The van der Waals surface area contributed by atoms with E-state index in [1.165, 1.54) is 16.9 Å². The Labute approximate surface area is 249 Å². The Hall–Kier alpha value is -4.43. The highest BCUT2D eigenvalue weighted by molar-refractivity contribution is 7.07. The summed E-state index contributed by atoms with van der Waals surface area (Å²) < 4.78 is 19.2. The Morgan fingerprint density at radius 2 is 1.60 bits per heavy atom. The maximum Gasteiger partial charge on any atom is 0.338 e. The largest absolute Gasteiger partial charge is 0.494 e. The molecule has 3 aromatic carbocycles. The second-order valence-electron chi connectivity index (χ2n) is 10.4. The van der Waals surface area contributed by atoms with Gasteiger partial charge in [-0.05, 0) is 81.7 Å². The van der Waals surface area contributed by atoms with Gasteiger partial charge in [0.1, 0.15) is 18.1 Å². The summed E-state index contributed by atoms with van der Waals surface area (Å²) in [7, 11) is 0. The van der Waals surface area contributed by atoms with Crippen molar-refractivity contribution in [1.82, 2.24) is 4.57 Å². The van der Waals surface area contributed by atoms with Crippen molar-refractivity contribution in [3.8, 4) is 11.5 Å². The molecule has 0 N–H and O–H groups in total. The van der Waals surface area contributed by atoms with Crippen LogP contribution in [0.5, 0.6) is 11.5 Å². The van der Waals surface area contributed by atoms with Crippen LogP contribution in [-0.4, -0.2) is 23.2 Å². The number of aryl methyl sites for hydroxylation is 1.